The number of carbonyl (C=O) groups is 1. The first-order valence-corrected chi connectivity index (χ1v) is 9.26. The Labute approximate surface area is 137 Å². The summed E-state index contributed by atoms with van der Waals surface area (Å²) in [5.74, 6) is 1.07. The lowest BCUT2D eigenvalue weighted by atomic mass is 9.87. The van der Waals surface area contributed by atoms with Crippen LogP contribution in [0.5, 0.6) is 0 Å². The van der Waals surface area contributed by atoms with E-state index in [4.69, 9.17) is 0 Å². The number of amides is 2. The van der Waals surface area contributed by atoms with E-state index >= 15 is 0 Å². The second-order valence-corrected chi connectivity index (χ2v) is 8.03. The molecule has 1 aliphatic carbocycles. The van der Waals surface area contributed by atoms with E-state index in [1.165, 1.54) is 32.1 Å². The molecular formula is C17H25N3OS. The molecule has 1 saturated heterocycles. The summed E-state index contributed by atoms with van der Waals surface area (Å²) in [6.45, 7) is 3.80. The number of aromatic nitrogens is 1. The second-order valence-electron chi connectivity index (χ2n) is 6.47. The molecule has 1 saturated carbocycles. The van der Waals surface area contributed by atoms with E-state index in [9.17, 15) is 4.79 Å². The molecule has 2 heterocycles. The minimum Gasteiger partial charge on any atom is -0.331 e. The summed E-state index contributed by atoms with van der Waals surface area (Å²) < 4.78 is 0.327. The lowest BCUT2D eigenvalue weighted by Gasteiger charge is -2.44. The summed E-state index contributed by atoms with van der Waals surface area (Å²) in [6.07, 6.45) is 10.1. The van der Waals surface area contributed by atoms with Gasteiger partial charge in [-0.25, -0.2) is 4.79 Å². The minimum atomic E-state index is 0.0207. The van der Waals surface area contributed by atoms with Gasteiger partial charge < -0.3 is 10.2 Å². The summed E-state index contributed by atoms with van der Waals surface area (Å²) in [7, 11) is 0. The first kappa shape index (κ1) is 15.7. The van der Waals surface area contributed by atoms with Gasteiger partial charge in [-0.05, 0) is 37.5 Å². The predicted octanol–water partition coefficient (Wildman–Crippen LogP) is 3.60. The molecule has 0 aromatic carbocycles. The number of urea groups is 1. The van der Waals surface area contributed by atoms with Gasteiger partial charge in [-0.1, -0.05) is 19.3 Å². The molecule has 1 aromatic rings. The molecule has 5 heteroatoms. The largest absolute Gasteiger partial charge is 0.331 e. The third-order valence-corrected chi connectivity index (χ3v) is 6.38. The molecule has 4 nitrogen and oxygen atoms in total. The highest BCUT2D eigenvalue weighted by Crippen LogP contribution is 2.42. The van der Waals surface area contributed by atoms with Crippen molar-refractivity contribution >= 4 is 17.8 Å². The lowest BCUT2D eigenvalue weighted by Crippen LogP contribution is -2.53. The molecule has 1 atom stereocenters. The number of nitrogens with zero attached hydrogens (tertiary/aromatic N) is 2. The van der Waals surface area contributed by atoms with Gasteiger partial charge in [0.05, 0.1) is 6.04 Å². The Kier molecular flexibility index (Phi) is 4.91. The van der Waals surface area contributed by atoms with Gasteiger partial charge in [0.15, 0.2) is 0 Å². The number of rotatable bonds is 2. The fourth-order valence-electron chi connectivity index (χ4n) is 3.53. The number of pyridine rings is 1. The van der Waals surface area contributed by atoms with Crippen molar-refractivity contribution in [1.82, 2.24) is 15.2 Å². The Bertz CT molecular complexity index is 496. The smallest absolute Gasteiger partial charge is 0.317 e. The Hall–Kier alpha value is -1.23. The number of thioether (sulfide) groups is 1. The fraction of sp³-hybridized carbons (Fsp3) is 0.647. The Morgan fingerprint density at radius 1 is 1.32 bits per heavy atom. The van der Waals surface area contributed by atoms with Gasteiger partial charge in [0.1, 0.15) is 0 Å². The zero-order valence-electron chi connectivity index (χ0n) is 13.3. The molecule has 3 rings (SSSR count). The van der Waals surface area contributed by atoms with Crippen molar-refractivity contribution in [3.63, 3.8) is 0 Å². The van der Waals surface area contributed by atoms with Crippen LogP contribution in [-0.4, -0.2) is 39.5 Å². The first-order chi connectivity index (χ1) is 10.7. The van der Waals surface area contributed by atoms with Crippen molar-refractivity contribution in [2.75, 3.05) is 18.8 Å². The van der Waals surface area contributed by atoms with Crippen LogP contribution in [0.2, 0.25) is 0 Å². The van der Waals surface area contributed by atoms with E-state index in [2.05, 4.69) is 22.1 Å². The van der Waals surface area contributed by atoms with Crippen molar-refractivity contribution < 1.29 is 4.79 Å². The maximum Gasteiger partial charge on any atom is 0.317 e. The van der Waals surface area contributed by atoms with Crippen LogP contribution in [0.3, 0.4) is 0 Å². The molecule has 120 valence electrons. The normalized spacial score (nSPS) is 22.3. The third-order valence-electron chi connectivity index (χ3n) is 4.85. The highest BCUT2D eigenvalue weighted by Gasteiger charge is 2.38. The molecule has 1 N–H and O–H groups in total. The molecule has 2 amide bonds. The Morgan fingerprint density at radius 3 is 2.77 bits per heavy atom. The van der Waals surface area contributed by atoms with Crippen molar-refractivity contribution in [3.8, 4) is 0 Å². The molecule has 2 aliphatic rings. The molecule has 1 aromatic heterocycles. The zero-order valence-corrected chi connectivity index (χ0v) is 14.1. The van der Waals surface area contributed by atoms with Crippen LogP contribution >= 0.6 is 11.8 Å². The van der Waals surface area contributed by atoms with E-state index in [0.29, 0.717) is 4.75 Å². The van der Waals surface area contributed by atoms with Gasteiger partial charge in [-0.3, -0.25) is 4.98 Å². The summed E-state index contributed by atoms with van der Waals surface area (Å²) >= 11 is 2.09. The minimum absolute atomic E-state index is 0.0207. The van der Waals surface area contributed by atoms with Crippen molar-refractivity contribution in [2.24, 2.45) is 0 Å². The van der Waals surface area contributed by atoms with Crippen LogP contribution in [0.25, 0.3) is 0 Å². The van der Waals surface area contributed by atoms with Gasteiger partial charge in [0.25, 0.3) is 0 Å². The predicted molar refractivity (Wildman–Crippen MR) is 91.0 cm³/mol. The van der Waals surface area contributed by atoms with Crippen LogP contribution in [0.15, 0.2) is 24.5 Å². The highest BCUT2D eigenvalue weighted by molar-refractivity contribution is 8.00. The second kappa shape index (κ2) is 6.90. The maximum absolute atomic E-state index is 12.6. The average molecular weight is 319 g/mol. The van der Waals surface area contributed by atoms with Crippen LogP contribution in [0.1, 0.15) is 50.6 Å². The molecule has 2 fully saturated rings. The van der Waals surface area contributed by atoms with E-state index < -0.39 is 0 Å². The van der Waals surface area contributed by atoms with Crippen LogP contribution in [0, 0.1) is 0 Å². The molecule has 0 unspecified atom stereocenters. The van der Waals surface area contributed by atoms with E-state index in [-0.39, 0.29) is 12.1 Å². The lowest BCUT2D eigenvalue weighted by molar-refractivity contribution is 0.182. The quantitative estimate of drug-likeness (QED) is 0.906. The number of hydrogen-bond acceptors (Lipinski definition) is 3. The summed E-state index contributed by atoms with van der Waals surface area (Å²) in [5.41, 5.74) is 1.10. The Morgan fingerprint density at radius 2 is 2.05 bits per heavy atom. The number of carbonyl (C=O) groups excluding carboxylic acids is 1. The average Bonchev–Trinajstić information content (AvgIpc) is 2.56. The monoisotopic (exact) mass is 319 g/mol. The van der Waals surface area contributed by atoms with E-state index in [1.807, 2.05) is 24.0 Å². The zero-order chi connectivity index (χ0) is 15.4. The van der Waals surface area contributed by atoms with Crippen molar-refractivity contribution in [3.05, 3.63) is 30.1 Å². The summed E-state index contributed by atoms with van der Waals surface area (Å²) in [6, 6.07) is 4.01. The van der Waals surface area contributed by atoms with E-state index in [1.54, 1.807) is 12.4 Å². The third kappa shape index (κ3) is 3.57. The van der Waals surface area contributed by atoms with Gasteiger partial charge in [0.2, 0.25) is 0 Å². The molecule has 22 heavy (non-hydrogen) atoms. The standard InChI is InChI=1S/C17H25N3OS/c1-14(15-5-9-18-10-6-15)19-16(21)20-11-12-22-17(13-20)7-3-2-4-8-17/h5-6,9-10,14H,2-4,7-8,11-13H2,1H3,(H,19,21)/t14-/m1/s1. The van der Waals surface area contributed by atoms with Gasteiger partial charge in [-0.2, -0.15) is 11.8 Å². The molecule has 0 bridgehead atoms. The van der Waals surface area contributed by atoms with Crippen molar-refractivity contribution in [2.45, 2.75) is 49.8 Å². The van der Waals surface area contributed by atoms with Gasteiger partial charge in [-0.15, -0.1) is 0 Å². The van der Waals surface area contributed by atoms with Crippen LogP contribution in [0.4, 0.5) is 4.79 Å². The number of hydrogen-bond donors (Lipinski definition) is 1. The van der Waals surface area contributed by atoms with Crippen molar-refractivity contribution in [1.29, 1.82) is 0 Å². The first-order valence-electron chi connectivity index (χ1n) is 8.28. The summed E-state index contributed by atoms with van der Waals surface area (Å²) in [5, 5.41) is 3.14. The SMILES string of the molecule is C[C@@H](NC(=O)N1CCSC2(CCCCC2)C1)c1ccncc1. The molecular weight excluding hydrogens is 294 g/mol. The fourth-order valence-corrected chi connectivity index (χ4v) is 5.10. The topological polar surface area (TPSA) is 45.2 Å². The molecule has 0 radical (unpaired) electrons. The van der Waals surface area contributed by atoms with E-state index in [0.717, 1.165) is 24.4 Å². The summed E-state index contributed by atoms with van der Waals surface area (Å²) in [4.78, 5) is 18.7. The van der Waals surface area contributed by atoms with Gasteiger partial charge >= 0.3 is 6.03 Å². The molecule has 1 spiro atoms. The highest BCUT2D eigenvalue weighted by atomic mass is 32.2. The molecule has 1 aliphatic heterocycles. The van der Waals surface area contributed by atoms with Crippen LogP contribution in [-0.2, 0) is 0 Å². The number of nitrogens with one attached hydrogen (secondary N) is 1. The van der Waals surface area contributed by atoms with Crippen LogP contribution < -0.4 is 5.32 Å². The Balaban J connectivity index is 1.60. The maximum atomic E-state index is 12.6. The van der Waals surface area contributed by atoms with Gasteiger partial charge in [0, 0.05) is 36.0 Å².